The highest BCUT2D eigenvalue weighted by Crippen LogP contribution is 2.22. The first-order valence-electron chi connectivity index (χ1n) is 7.68. The largest absolute Gasteiger partial charge is 0.299 e. The van der Waals surface area contributed by atoms with Crippen molar-refractivity contribution >= 4 is 33.4 Å². The van der Waals surface area contributed by atoms with E-state index in [4.69, 9.17) is 16.4 Å². The number of nitrogens with zero attached hydrogens (tertiary/aromatic N) is 2. The van der Waals surface area contributed by atoms with Crippen LogP contribution in [0.25, 0.3) is 0 Å². The van der Waals surface area contributed by atoms with Gasteiger partial charge in [0, 0.05) is 28.6 Å². The lowest BCUT2D eigenvalue weighted by molar-refractivity contribution is -0.0757. The summed E-state index contributed by atoms with van der Waals surface area (Å²) >= 11 is 9.04. The van der Waals surface area contributed by atoms with Gasteiger partial charge in [-0.2, -0.15) is 0 Å². The maximum absolute atomic E-state index is 11.7. The fraction of sp³-hybridized carbons (Fsp3) is 0.588. The Bertz CT molecular complexity index is 487. The molecule has 0 heterocycles. The van der Waals surface area contributed by atoms with Gasteiger partial charge in [-0.1, -0.05) is 18.5 Å². The number of hydrogen-bond donors (Lipinski definition) is 0. The number of benzene rings is 1. The van der Waals surface area contributed by atoms with Gasteiger partial charge in [0.05, 0.1) is 12.7 Å². The molecule has 0 fully saturated rings. The highest BCUT2D eigenvalue weighted by molar-refractivity contribution is 9.10. The van der Waals surface area contributed by atoms with Crippen LogP contribution < -0.4 is 0 Å². The number of halogens is 2. The number of carbonyl (C=O) groups excluding carboxylic acids is 1. The summed E-state index contributed by atoms with van der Waals surface area (Å²) in [6.07, 6.45) is 0. The summed E-state index contributed by atoms with van der Waals surface area (Å²) in [5.41, 5.74) is 0.474. The molecule has 1 rings (SSSR count). The van der Waals surface area contributed by atoms with Crippen molar-refractivity contribution in [2.24, 2.45) is 0 Å². The van der Waals surface area contributed by atoms with Crippen LogP contribution >= 0.6 is 27.5 Å². The third kappa shape index (κ3) is 7.66. The molecule has 0 aliphatic rings. The van der Waals surface area contributed by atoms with E-state index in [-0.39, 0.29) is 5.91 Å². The molecular weight excluding hydrogens is 380 g/mol. The molecule has 4 nitrogen and oxygen atoms in total. The summed E-state index contributed by atoms with van der Waals surface area (Å²) < 4.78 is 0.691. The molecule has 0 aliphatic carbocycles. The average molecular weight is 408 g/mol. The smallest absolute Gasteiger partial charge is 0.278 e. The zero-order valence-electron chi connectivity index (χ0n) is 15.1. The first-order chi connectivity index (χ1) is 10.6. The molecule has 0 spiro atoms. The quantitative estimate of drug-likeness (QED) is 0.653. The van der Waals surface area contributed by atoms with Gasteiger partial charge in [0.15, 0.2) is 0 Å². The van der Waals surface area contributed by atoms with Crippen LogP contribution in [0.4, 0.5) is 0 Å². The minimum absolute atomic E-state index is 0.248. The molecule has 0 bridgehead atoms. The highest BCUT2D eigenvalue weighted by Gasteiger charge is 2.14. The molecule has 0 saturated carbocycles. The van der Waals surface area contributed by atoms with E-state index in [1.54, 1.807) is 18.2 Å². The Morgan fingerprint density at radius 1 is 1.26 bits per heavy atom. The summed E-state index contributed by atoms with van der Waals surface area (Å²) in [7, 11) is 2.96. The minimum atomic E-state index is -0.248. The normalized spacial score (nSPS) is 10.8. The van der Waals surface area contributed by atoms with Crippen molar-refractivity contribution in [2.45, 2.75) is 46.7 Å². The Kier molecular flexibility index (Phi) is 10.7. The summed E-state index contributed by atoms with van der Waals surface area (Å²) in [6.45, 7) is 12.3. The fourth-order valence-electron chi connectivity index (χ4n) is 2.24. The molecule has 1 aromatic rings. The number of hydroxylamine groups is 2. The van der Waals surface area contributed by atoms with Crippen LogP contribution in [0.2, 0.25) is 5.02 Å². The van der Waals surface area contributed by atoms with Crippen LogP contribution in [-0.4, -0.2) is 48.7 Å². The van der Waals surface area contributed by atoms with Gasteiger partial charge in [0.2, 0.25) is 0 Å². The van der Waals surface area contributed by atoms with E-state index in [1.165, 1.54) is 14.2 Å². The predicted octanol–water partition coefficient (Wildman–Crippen LogP) is 4.86. The summed E-state index contributed by atoms with van der Waals surface area (Å²) in [6, 6.07) is 6.39. The van der Waals surface area contributed by atoms with Crippen molar-refractivity contribution in [1.82, 2.24) is 9.96 Å². The zero-order chi connectivity index (χ0) is 18.2. The van der Waals surface area contributed by atoms with E-state index in [9.17, 15) is 4.79 Å². The number of rotatable bonds is 5. The standard InChI is InChI=1S/C9H9BrClNO2.C8H19N/c1-12(14-2)9(13)7-5-6(11)3-4-8(7)10;1-6-9(7(2)3)8(4)5/h3-5H,1-2H3;7-8H,6H2,1-5H3. The molecule has 0 N–H and O–H groups in total. The molecule has 0 aromatic heterocycles. The molecule has 0 unspecified atom stereocenters. The predicted molar refractivity (Wildman–Crippen MR) is 101 cm³/mol. The zero-order valence-corrected chi connectivity index (χ0v) is 17.4. The molecule has 0 aliphatic heterocycles. The third-order valence-electron chi connectivity index (χ3n) is 3.41. The van der Waals surface area contributed by atoms with E-state index in [0.717, 1.165) is 11.6 Å². The van der Waals surface area contributed by atoms with E-state index in [2.05, 4.69) is 55.4 Å². The van der Waals surface area contributed by atoms with Crippen molar-refractivity contribution in [2.75, 3.05) is 20.7 Å². The third-order valence-corrected chi connectivity index (χ3v) is 4.34. The molecule has 0 atom stereocenters. The minimum Gasteiger partial charge on any atom is -0.299 e. The Labute approximate surface area is 153 Å². The Balaban J connectivity index is 0.000000468. The second kappa shape index (κ2) is 11.0. The molecule has 6 heteroatoms. The molecular formula is C17H28BrClN2O2. The van der Waals surface area contributed by atoms with Gasteiger partial charge in [0.25, 0.3) is 5.91 Å². The fourth-order valence-corrected chi connectivity index (χ4v) is 2.83. The van der Waals surface area contributed by atoms with Crippen LogP contribution in [0.1, 0.15) is 45.0 Å². The van der Waals surface area contributed by atoms with Gasteiger partial charge in [-0.25, -0.2) is 5.06 Å². The summed E-state index contributed by atoms with van der Waals surface area (Å²) in [4.78, 5) is 18.9. The van der Waals surface area contributed by atoms with Crippen LogP contribution in [0, 0.1) is 0 Å². The summed E-state index contributed by atoms with van der Waals surface area (Å²) in [5, 5.41) is 1.65. The van der Waals surface area contributed by atoms with Crippen molar-refractivity contribution in [3.63, 3.8) is 0 Å². The average Bonchev–Trinajstić information content (AvgIpc) is 2.48. The summed E-state index contributed by atoms with van der Waals surface area (Å²) in [5.74, 6) is -0.248. The Morgan fingerprint density at radius 3 is 2.13 bits per heavy atom. The lowest BCUT2D eigenvalue weighted by Gasteiger charge is -2.28. The Morgan fingerprint density at radius 2 is 1.78 bits per heavy atom. The first kappa shape index (κ1) is 22.4. The maximum atomic E-state index is 11.7. The highest BCUT2D eigenvalue weighted by atomic mass is 79.9. The van der Waals surface area contributed by atoms with Gasteiger partial charge in [-0.15, -0.1) is 0 Å². The van der Waals surface area contributed by atoms with Crippen molar-refractivity contribution in [3.8, 4) is 0 Å². The number of hydrogen-bond acceptors (Lipinski definition) is 3. The van der Waals surface area contributed by atoms with Crippen molar-refractivity contribution in [3.05, 3.63) is 33.3 Å². The number of amides is 1. The van der Waals surface area contributed by atoms with Gasteiger partial charge in [0.1, 0.15) is 0 Å². The monoisotopic (exact) mass is 406 g/mol. The number of carbonyl (C=O) groups is 1. The lowest BCUT2D eigenvalue weighted by atomic mass is 10.2. The molecule has 1 aromatic carbocycles. The maximum Gasteiger partial charge on any atom is 0.278 e. The van der Waals surface area contributed by atoms with E-state index >= 15 is 0 Å². The molecule has 1 amide bonds. The van der Waals surface area contributed by atoms with Crippen LogP contribution in [-0.2, 0) is 4.84 Å². The lowest BCUT2D eigenvalue weighted by Crippen LogP contribution is -2.36. The van der Waals surface area contributed by atoms with Crippen molar-refractivity contribution in [1.29, 1.82) is 0 Å². The first-order valence-corrected chi connectivity index (χ1v) is 8.85. The SMILES string of the molecule is CCN(C(C)C)C(C)C.CON(C)C(=O)c1cc(Cl)ccc1Br. The van der Waals surface area contributed by atoms with Gasteiger partial charge >= 0.3 is 0 Å². The van der Waals surface area contributed by atoms with E-state index < -0.39 is 0 Å². The van der Waals surface area contributed by atoms with E-state index in [0.29, 0.717) is 27.1 Å². The van der Waals surface area contributed by atoms with Gasteiger partial charge < -0.3 is 0 Å². The molecule has 23 heavy (non-hydrogen) atoms. The van der Waals surface area contributed by atoms with Crippen molar-refractivity contribution < 1.29 is 9.63 Å². The topological polar surface area (TPSA) is 32.8 Å². The van der Waals surface area contributed by atoms with Crippen LogP contribution in [0.15, 0.2) is 22.7 Å². The second-order valence-electron chi connectivity index (χ2n) is 5.63. The van der Waals surface area contributed by atoms with Gasteiger partial charge in [-0.3, -0.25) is 14.5 Å². The molecule has 132 valence electrons. The van der Waals surface area contributed by atoms with Crippen LogP contribution in [0.3, 0.4) is 0 Å². The second-order valence-corrected chi connectivity index (χ2v) is 6.92. The molecule has 0 saturated heterocycles. The van der Waals surface area contributed by atoms with Crippen LogP contribution in [0.5, 0.6) is 0 Å². The molecule has 0 radical (unpaired) electrons. The van der Waals surface area contributed by atoms with Gasteiger partial charge in [-0.05, 0) is 68.4 Å². The van der Waals surface area contributed by atoms with E-state index in [1.807, 2.05) is 0 Å². The Hall–Kier alpha value is -0.620.